The summed E-state index contributed by atoms with van der Waals surface area (Å²) in [6.07, 6.45) is -9.65. The Morgan fingerprint density at radius 3 is 2.21 bits per heavy atom. The molecule has 1 amide bonds. The van der Waals surface area contributed by atoms with Crippen molar-refractivity contribution in [2.24, 2.45) is 0 Å². The van der Waals surface area contributed by atoms with Crippen LogP contribution in [0.15, 0.2) is 47.1 Å². The number of carbonyl (C=O) groups excluding carboxylic acids is 2. The van der Waals surface area contributed by atoms with Gasteiger partial charge in [-0.2, -0.15) is 26.3 Å². The number of ether oxygens (including phenoxy) is 1. The van der Waals surface area contributed by atoms with Crippen molar-refractivity contribution < 1.29 is 45.1 Å². The third kappa shape index (κ3) is 4.63. The minimum absolute atomic E-state index is 0.517. The second-order valence-electron chi connectivity index (χ2n) is 5.57. The molecule has 0 saturated heterocycles. The predicted octanol–water partition coefficient (Wildman–Crippen LogP) is 3.96. The lowest BCUT2D eigenvalue weighted by molar-refractivity contribution is -0.204. The van der Waals surface area contributed by atoms with Crippen molar-refractivity contribution in [3.05, 3.63) is 54.0 Å². The van der Waals surface area contributed by atoms with Crippen LogP contribution in [0.25, 0.3) is 0 Å². The topological polar surface area (TPSA) is 80.6 Å². The van der Waals surface area contributed by atoms with Crippen molar-refractivity contribution in [3.8, 4) is 0 Å². The molecule has 0 aliphatic carbocycles. The molecule has 29 heavy (non-hydrogen) atoms. The average molecular weight is 424 g/mol. The van der Waals surface area contributed by atoms with Gasteiger partial charge in [0.15, 0.2) is 5.76 Å². The van der Waals surface area contributed by atoms with Gasteiger partial charge in [0.25, 0.3) is 5.91 Å². The quantitative estimate of drug-likeness (QED) is 0.417. The summed E-state index contributed by atoms with van der Waals surface area (Å²) in [5.41, 5.74) is -6.59. The first-order valence-electron chi connectivity index (χ1n) is 7.96. The zero-order valence-corrected chi connectivity index (χ0v) is 14.6. The second kappa shape index (κ2) is 8.05. The van der Waals surface area contributed by atoms with Gasteiger partial charge in [-0.05, 0) is 31.2 Å². The lowest BCUT2D eigenvalue weighted by Crippen LogP contribution is -2.69. The van der Waals surface area contributed by atoms with E-state index in [1.165, 1.54) is 23.6 Å². The first-order chi connectivity index (χ1) is 13.4. The number of hydrogen-bond donors (Lipinski definition) is 2. The molecule has 0 saturated carbocycles. The molecule has 1 atom stereocenters. The molecule has 2 N–H and O–H groups in total. The highest BCUT2D eigenvalue weighted by molar-refractivity contribution is 5.97. The van der Waals surface area contributed by atoms with Gasteiger partial charge >= 0.3 is 24.0 Å². The summed E-state index contributed by atoms with van der Waals surface area (Å²) in [4.78, 5) is 24.4. The van der Waals surface area contributed by atoms with Crippen molar-refractivity contribution in [2.75, 3.05) is 11.9 Å². The summed E-state index contributed by atoms with van der Waals surface area (Å²) in [5, 5.41) is 2.87. The van der Waals surface area contributed by atoms with Gasteiger partial charge in [-0.25, -0.2) is 4.79 Å². The monoisotopic (exact) mass is 424 g/mol. The number of alkyl halides is 6. The number of benzene rings is 1. The molecule has 12 heteroatoms. The van der Waals surface area contributed by atoms with Gasteiger partial charge in [0.1, 0.15) is 0 Å². The van der Waals surface area contributed by atoms with Gasteiger partial charge in [0, 0.05) is 5.69 Å². The van der Waals surface area contributed by atoms with Gasteiger partial charge in [0.05, 0.1) is 18.4 Å². The number of furan rings is 1. The normalized spacial score (nSPS) is 14.0. The van der Waals surface area contributed by atoms with Crippen LogP contribution in [0.4, 0.5) is 32.0 Å². The molecule has 2 aromatic rings. The van der Waals surface area contributed by atoms with E-state index in [9.17, 15) is 35.9 Å². The third-order valence-electron chi connectivity index (χ3n) is 3.61. The highest BCUT2D eigenvalue weighted by Crippen LogP contribution is 2.39. The fraction of sp³-hybridized carbons (Fsp3) is 0.294. The maximum atomic E-state index is 14.0. The Morgan fingerprint density at radius 1 is 1.03 bits per heavy atom. The van der Waals surface area contributed by atoms with E-state index in [0.29, 0.717) is 12.1 Å². The summed E-state index contributed by atoms with van der Waals surface area (Å²) in [6.45, 7) is 0.660. The van der Waals surface area contributed by atoms with Crippen molar-refractivity contribution in [3.63, 3.8) is 0 Å². The van der Waals surface area contributed by atoms with Crippen LogP contribution in [0, 0.1) is 0 Å². The molecule has 158 valence electrons. The smallest absolute Gasteiger partial charge is 0.441 e. The van der Waals surface area contributed by atoms with Gasteiger partial charge in [-0.15, -0.1) is 0 Å². The van der Waals surface area contributed by atoms with E-state index in [4.69, 9.17) is 0 Å². The van der Waals surface area contributed by atoms with E-state index in [1.54, 1.807) is 0 Å². The number of amides is 1. The van der Waals surface area contributed by atoms with E-state index in [1.807, 2.05) is 0 Å². The van der Waals surface area contributed by atoms with Crippen molar-refractivity contribution in [1.82, 2.24) is 5.32 Å². The summed E-state index contributed by atoms with van der Waals surface area (Å²) < 4.78 is 90.7. The van der Waals surface area contributed by atoms with Crippen LogP contribution in [0.3, 0.4) is 0 Å². The van der Waals surface area contributed by atoms with Gasteiger partial charge in [-0.1, -0.05) is 12.1 Å². The van der Waals surface area contributed by atoms with Gasteiger partial charge < -0.3 is 19.8 Å². The minimum atomic E-state index is -5.60. The van der Waals surface area contributed by atoms with E-state index in [-0.39, 0.29) is 0 Å². The molecule has 0 aliphatic rings. The molecule has 0 fully saturated rings. The Bertz CT molecular complexity index is 864. The van der Waals surface area contributed by atoms with Crippen molar-refractivity contribution in [1.29, 1.82) is 0 Å². The molecule has 1 aromatic heterocycles. The lowest BCUT2D eigenvalue weighted by atomic mass is 10.1. The summed E-state index contributed by atoms with van der Waals surface area (Å²) in [6, 6.07) is 5.38. The van der Waals surface area contributed by atoms with E-state index >= 15 is 0 Å². The van der Waals surface area contributed by atoms with E-state index < -0.39 is 53.5 Å². The molecule has 0 aliphatic heterocycles. The number of rotatable bonds is 6. The summed E-state index contributed by atoms with van der Waals surface area (Å²) >= 11 is 0. The molecule has 0 bridgehead atoms. The minimum Gasteiger partial charge on any atom is -0.463 e. The van der Waals surface area contributed by atoms with Crippen LogP contribution < -0.4 is 10.6 Å². The Labute approximate surface area is 159 Å². The zero-order chi connectivity index (χ0) is 21.9. The highest BCUT2D eigenvalue weighted by Gasteiger charge is 2.64. The Kier molecular flexibility index (Phi) is 6.14. The third-order valence-corrected chi connectivity index (χ3v) is 3.61. The number of anilines is 1. The van der Waals surface area contributed by atoms with Gasteiger partial charge in [-0.3, -0.25) is 4.79 Å². The molecule has 2 rings (SSSR count). The lowest BCUT2D eigenvalue weighted by Gasteiger charge is -2.35. The molecule has 1 aromatic carbocycles. The van der Waals surface area contributed by atoms with Crippen LogP contribution in [0.5, 0.6) is 0 Å². The molecule has 1 heterocycles. The van der Waals surface area contributed by atoms with Crippen LogP contribution in [0.2, 0.25) is 0 Å². The molecular weight excluding hydrogens is 410 g/mol. The van der Waals surface area contributed by atoms with Crippen LogP contribution in [-0.2, 0) is 15.7 Å². The second-order valence-corrected chi connectivity index (χ2v) is 5.57. The Morgan fingerprint density at radius 2 is 1.69 bits per heavy atom. The number of nitrogens with one attached hydrogen (secondary N) is 2. The molecular formula is C17H14F6N2O4. The van der Waals surface area contributed by atoms with Crippen molar-refractivity contribution in [2.45, 2.75) is 24.9 Å². The number of esters is 1. The summed E-state index contributed by atoms with van der Waals surface area (Å²) in [5.74, 6) is -4.16. The first-order valence-corrected chi connectivity index (χ1v) is 7.96. The molecule has 6 nitrogen and oxygen atoms in total. The van der Waals surface area contributed by atoms with Crippen molar-refractivity contribution >= 4 is 17.6 Å². The maximum Gasteiger partial charge on any atom is 0.441 e. The van der Waals surface area contributed by atoms with Crippen LogP contribution >= 0.6 is 0 Å². The molecule has 0 radical (unpaired) electrons. The van der Waals surface area contributed by atoms with Gasteiger partial charge in [0.2, 0.25) is 0 Å². The molecule has 0 unspecified atom stereocenters. The number of para-hydroxylation sites is 1. The number of hydrogen-bond acceptors (Lipinski definition) is 5. The Balaban J connectivity index is 2.60. The average Bonchev–Trinajstić information content (AvgIpc) is 3.14. The standard InChI is InChI=1S/C17H14F6N2O4/c1-2-28-14(27)15(17(21,22)23,25-13(26)12-8-5-9-29-12)24-11-7-4-3-6-10(11)16(18,19)20/h3-9,24H,2H2,1H3,(H,25,26)/t15-/m0/s1. The van der Waals surface area contributed by atoms with E-state index in [2.05, 4.69) is 9.15 Å². The SMILES string of the molecule is CCOC(=O)[C@@](NC(=O)c1ccco1)(Nc1ccccc1C(F)(F)F)C(F)(F)F. The molecule has 0 spiro atoms. The summed E-state index contributed by atoms with van der Waals surface area (Å²) in [7, 11) is 0. The Hall–Kier alpha value is -3.18. The highest BCUT2D eigenvalue weighted by atomic mass is 19.4. The predicted molar refractivity (Wildman–Crippen MR) is 86.7 cm³/mol. The fourth-order valence-electron chi connectivity index (χ4n) is 2.31. The number of halogens is 6. The fourth-order valence-corrected chi connectivity index (χ4v) is 2.31. The zero-order valence-electron chi connectivity index (χ0n) is 14.6. The van der Waals surface area contributed by atoms with Crippen LogP contribution in [-0.4, -0.2) is 30.3 Å². The van der Waals surface area contributed by atoms with Crippen LogP contribution in [0.1, 0.15) is 23.0 Å². The van der Waals surface area contributed by atoms with E-state index in [0.717, 1.165) is 24.5 Å². The maximum absolute atomic E-state index is 14.0. The largest absolute Gasteiger partial charge is 0.463 e. The number of carbonyl (C=O) groups is 2. The first kappa shape index (κ1) is 22.1.